The number of thioether (sulfide) groups is 1. The Balaban J connectivity index is 2.74. The molecule has 1 fully saturated rings. The summed E-state index contributed by atoms with van der Waals surface area (Å²) >= 11 is 1.85. The highest BCUT2D eigenvalue weighted by atomic mass is 32.2. The van der Waals surface area contributed by atoms with Gasteiger partial charge >= 0.3 is 5.97 Å². The summed E-state index contributed by atoms with van der Waals surface area (Å²) in [5.74, 6) is 0.162. The maximum absolute atomic E-state index is 10.9. The maximum Gasteiger partial charge on any atom is 0.308 e. The monoisotopic (exact) mass is 203 g/mol. The predicted molar refractivity (Wildman–Crippen MR) is 54.8 cm³/mol. The highest BCUT2D eigenvalue weighted by molar-refractivity contribution is 8.00. The van der Waals surface area contributed by atoms with Crippen molar-refractivity contribution in [3.05, 3.63) is 0 Å². The summed E-state index contributed by atoms with van der Waals surface area (Å²) in [5, 5.41) is 8.98. The molecule has 3 N–H and O–H groups in total. The molecule has 1 rings (SSSR count). The van der Waals surface area contributed by atoms with E-state index in [9.17, 15) is 4.79 Å². The van der Waals surface area contributed by atoms with Gasteiger partial charge < -0.3 is 10.8 Å². The molecule has 1 heterocycles. The summed E-state index contributed by atoms with van der Waals surface area (Å²) in [6.45, 7) is 4.48. The molecule has 3 nitrogen and oxygen atoms in total. The summed E-state index contributed by atoms with van der Waals surface area (Å²) in [5.41, 5.74) is 5.48. The van der Waals surface area contributed by atoms with Crippen LogP contribution in [0.1, 0.15) is 20.3 Å². The fourth-order valence-corrected chi connectivity index (χ4v) is 3.42. The molecular weight excluding hydrogens is 186 g/mol. The topological polar surface area (TPSA) is 63.3 Å². The van der Waals surface area contributed by atoms with E-state index in [1.54, 1.807) is 0 Å². The van der Waals surface area contributed by atoms with Crippen LogP contribution in [-0.4, -0.2) is 28.1 Å². The molecule has 0 spiro atoms. The summed E-state index contributed by atoms with van der Waals surface area (Å²) in [6.07, 6.45) is 0.978. The highest BCUT2D eigenvalue weighted by Crippen LogP contribution is 2.45. The number of carboxylic acids is 1. The van der Waals surface area contributed by atoms with Gasteiger partial charge in [-0.05, 0) is 18.1 Å². The van der Waals surface area contributed by atoms with Gasteiger partial charge in [0.15, 0.2) is 0 Å². The number of hydrogen-bond acceptors (Lipinski definition) is 3. The normalized spacial score (nSPS) is 28.7. The van der Waals surface area contributed by atoms with Crippen LogP contribution in [0.25, 0.3) is 0 Å². The Morgan fingerprint density at radius 2 is 2.38 bits per heavy atom. The van der Waals surface area contributed by atoms with Crippen LogP contribution in [0.15, 0.2) is 0 Å². The van der Waals surface area contributed by atoms with Gasteiger partial charge in [-0.15, -0.1) is 0 Å². The fourth-order valence-electron chi connectivity index (χ4n) is 2.03. The van der Waals surface area contributed by atoms with Crippen molar-refractivity contribution < 1.29 is 9.90 Å². The van der Waals surface area contributed by atoms with Gasteiger partial charge in [-0.1, -0.05) is 13.8 Å². The molecule has 0 aliphatic carbocycles. The van der Waals surface area contributed by atoms with Gasteiger partial charge in [0.25, 0.3) is 0 Å². The second kappa shape index (κ2) is 3.88. The molecule has 0 aromatic rings. The maximum atomic E-state index is 10.9. The largest absolute Gasteiger partial charge is 0.481 e. The zero-order valence-electron chi connectivity index (χ0n) is 8.12. The predicted octanol–water partition coefficient (Wildman–Crippen LogP) is 1.18. The quantitative estimate of drug-likeness (QED) is 0.723. The van der Waals surface area contributed by atoms with Crippen LogP contribution in [0.4, 0.5) is 0 Å². The average Bonchev–Trinajstić information content (AvgIpc) is 2.32. The second-order valence-electron chi connectivity index (χ2n) is 4.03. The summed E-state index contributed by atoms with van der Waals surface area (Å²) < 4.78 is 0.0719. The van der Waals surface area contributed by atoms with E-state index in [4.69, 9.17) is 10.8 Å². The smallest absolute Gasteiger partial charge is 0.308 e. The van der Waals surface area contributed by atoms with Crippen molar-refractivity contribution in [3.63, 3.8) is 0 Å². The minimum atomic E-state index is -0.747. The fraction of sp³-hybridized carbons (Fsp3) is 0.889. The number of hydrogen-bond donors (Lipinski definition) is 2. The van der Waals surface area contributed by atoms with Gasteiger partial charge in [0, 0.05) is 11.3 Å². The molecule has 0 aromatic heterocycles. The van der Waals surface area contributed by atoms with E-state index < -0.39 is 5.97 Å². The molecule has 4 heteroatoms. The minimum Gasteiger partial charge on any atom is -0.481 e. The molecule has 13 heavy (non-hydrogen) atoms. The van der Waals surface area contributed by atoms with Crippen molar-refractivity contribution in [3.8, 4) is 0 Å². The number of carbonyl (C=O) groups is 1. The van der Waals surface area contributed by atoms with Crippen molar-refractivity contribution in [1.29, 1.82) is 0 Å². The summed E-state index contributed by atoms with van der Waals surface area (Å²) in [7, 11) is 0. The van der Waals surface area contributed by atoms with Gasteiger partial charge in [0.05, 0.1) is 5.92 Å². The van der Waals surface area contributed by atoms with Crippen LogP contribution in [0.5, 0.6) is 0 Å². The molecule has 2 unspecified atom stereocenters. The first-order valence-corrected chi connectivity index (χ1v) is 5.54. The van der Waals surface area contributed by atoms with Crippen molar-refractivity contribution in [1.82, 2.24) is 0 Å². The lowest BCUT2D eigenvalue weighted by Gasteiger charge is -2.30. The van der Waals surface area contributed by atoms with E-state index in [0.29, 0.717) is 0 Å². The Labute approximate surface area is 83.1 Å². The zero-order valence-corrected chi connectivity index (χ0v) is 8.93. The van der Waals surface area contributed by atoms with E-state index in [1.807, 2.05) is 11.8 Å². The van der Waals surface area contributed by atoms with E-state index in [-0.39, 0.29) is 23.1 Å². The summed E-state index contributed by atoms with van der Waals surface area (Å²) in [6, 6.07) is 0. The standard InChI is InChI=1S/C9H17NO2S/c1-9(2)7(3-4-13-9)6(5-10)8(11)12/h6-7H,3-5,10H2,1-2H3,(H,11,12). The van der Waals surface area contributed by atoms with Crippen molar-refractivity contribution >= 4 is 17.7 Å². The number of carboxylic acid groups (broad SMARTS) is 1. The first-order chi connectivity index (χ1) is 5.99. The van der Waals surface area contributed by atoms with E-state index in [1.165, 1.54) is 0 Å². The van der Waals surface area contributed by atoms with E-state index in [0.717, 1.165) is 12.2 Å². The molecule has 0 saturated carbocycles. The number of rotatable bonds is 3. The van der Waals surface area contributed by atoms with Crippen molar-refractivity contribution in [2.24, 2.45) is 17.6 Å². The van der Waals surface area contributed by atoms with Crippen LogP contribution in [0, 0.1) is 11.8 Å². The third-order valence-electron chi connectivity index (χ3n) is 2.85. The molecule has 0 bridgehead atoms. The minimum absolute atomic E-state index is 0.0719. The lowest BCUT2D eigenvalue weighted by Crippen LogP contribution is -2.38. The Morgan fingerprint density at radius 1 is 1.77 bits per heavy atom. The Bertz CT molecular complexity index is 206. The van der Waals surface area contributed by atoms with Crippen LogP contribution in [0.2, 0.25) is 0 Å². The third kappa shape index (κ3) is 2.17. The Kier molecular flexibility index (Phi) is 3.24. The number of nitrogens with two attached hydrogens (primary N) is 1. The molecule has 1 saturated heterocycles. The van der Waals surface area contributed by atoms with Gasteiger partial charge in [0.2, 0.25) is 0 Å². The zero-order chi connectivity index (χ0) is 10.1. The first-order valence-electron chi connectivity index (χ1n) is 4.56. The van der Waals surface area contributed by atoms with Crippen LogP contribution in [-0.2, 0) is 4.79 Å². The van der Waals surface area contributed by atoms with Crippen LogP contribution < -0.4 is 5.73 Å². The Morgan fingerprint density at radius 3 is 2.69 bits per heavy atom. The molecule has 1 aliphatic heterocycles. The third-order valence-corrected chi connectivity index (χ3v) is 4.34. The molecule has 0 aromatic carbocycles. The molecule has 76 valence electrons. The van der Waals surface area contributed by atoms with Crippen LogP contribution in [0.3, 0.4) is 0 Å². The van der Waals surface area contributed by atoms with Crippen LogP contribution >= 0.6 is 11.8 Å². The molecule has 1 aliphatic rings. The molecule has 0 amide bonds. The highest BCUT2D eigenvalue weighted by Gasteiger charge is 2.42. The lowest BCUT2D eigenvalue weighted by molar-refractivity contribution is -0.143. The summed E-state index contributed by atoms with van der Waals surface area (Å²) in [4.78, 5) is 10.9. The van der Waals surface area contributed by atoms with Gasteiger partial charge in [-0.25, -0.2) is 0 Å². The molecular formula is C9H17NO2S. The molecule has 0 radical (unpaired) electrons. The first kappa shape index (κ1) is 10.9. The van der Waals surface area contributed by atoms with Gasteiger partial charge in [-0.2, -0.15) is 11.8 Å². The van der Waals surface area contributed by atoms with Crippen molar-refractivity contribution in [2.75, 3.05) is 12.3 Å². The van der Waals surface area contributed by atoms with E-state index >= 15 is 0 Å². The molecule has 2 atom stereocenters. The number of aliphatic carboxylic acids is 1. The van der Waals surface area contributed by atoms with Gasteiger partial charge in [-0.3, -0.25) is 4.79 Å². The second-order valence-corrected chi connectivity index (χ2v) is 5.78. The lowest BCUT2D eigenvalue weighted by atomic mass is 9.81. The van der Waals surface area contributed by atoms with Gasteiger partial charge in [0.1, 0.15) is 0 Å². The SMILES string of the molecule is CC1(C)SCCC1C(CN)C(=O)O. The van der Waals surface area contributed by atoms with Crippen molar-refractivity contribution in [2.45, 2.75) is 25.0 Å². The average molecular weight is 203 g/mol. The van der Waals surface area contributed by atoms with E-state index in [2.05, 4.69) is 13.8 Å². The Hall–Kier alpha value is -0.220.